The molecule has 2 aromatic heterocycles. The summed E-state index contributed by atoms with van der Waals surface area (Å²) in [5.74, 6) is 0.753. The molecule has 2 rings (SSSR count). The van der Waals surface area contributed by atoms with E-state index in [2.05, 4.69) is 10.1 Å². The van der Waals surface area contributed by atoms with E-state index in [0.717, 1.165) is 4.88 Å². The van der Waals surface area contributed by atoms with Crippen molar-refractivity contribution in [2.75, 3.05) is 0 Å². The van der Waals surface area contributed by atoms with Gasteiger partial charge in [0.05, 0.1) is 10.8 Å². The molecule has 0 aromatic carbocycles. The summed E-state index contributed by atoms with van der Waals surface area (Å²) in [4.78, 5) is 16.7. The monoisotopic (exact) mass is 236 g/mol. The van der Waals surface area contributed by atoms with E-state index >= 15 is 0 Å². The number of carbonyl (C=O) groups excluding carboxylic acids is 1. The molecule has 0 saturated carbocycles. The number of thiophene rings is 1. The van der Waals surface area contributed by atoms with E-state index < -0.39 is 0 Å². The maximum Gasteiger partial charge on any atom is 0.237 e. The molecule has 0 aliphatic heterocycles. The van der Waals surface area contributed by atoms with Crippen molar-refractivity contribution in [2.24, 2.45) is 0 Å². The van der Waals surface area contributed by atoms with Crippen LogP contribution in [0, 0.1) is 0 Å². The normalized spacial score (nSPS) is 12.6. The lowest BCUT2D eigenvalue weighted by atomic mass is 10.1. The van der Waals surface area contributed by atoms with Gasteiger partial charge in [0, 0.05) is 6.42 Å². The summed E-state index contributed by atoms with van der Waals surface area (Å²) >= 11 is 1.55. The maximum absolute atomic E-state index is 11.5. The first-order chi connectivity index (χ1) is 7.72. The minimum Gasteiger partial charge on any atom is -0.338 e. The SMILES string of the molecule is CCC(=O)C(C)c1nc(-c2cccs2)no1. The van der Waals surface area contributed by atoms with E-state index in [1.54, 1.807) is 18.3 Å². The zero-order chi connectivity index (χ0) is 11.5. The van der Waals surface area contributed by atoms with E-state index in [4.69, 9.17) is 4.52 Å². The molecule has 0 amide bonds. The van der Waals surface area contributed by atoms with Crippen molar-refractivity contribution >= 4 is 17.1 Å². The Bertz CT molecular complexity index is 476. The molecule has 0 bridgehead atoms. The molecule has 0 radical (unpaired) electrons. The number of ketones is 1. The Morgan fingerprint density at radius 2 is 2.44 bits per heavy atom. The van der Waals surface area contributed by atoms with E-state index in [1.165, 1.54) is 0 Å². The topological polar surface area (TPSA) is 56.0 Å². The van der Waals surface area contributed by atoms with Crippen LogP contribution in [-0.2, 0) is 4.79 Å². The van der Waals surface area contributed by atoms with Crippen LogP contribution >= 0.6 is 11.3 Å². The summed E-state index contributed by atoms with van der Waals surface area (Å²) in [5, 5.41) is 5.82. The molecule has 2 aromatic rings. The molecule has 2 heterocycles. The lowest BCUT2D eigenvalue weighted by Gasteiger charge is -2.00. The fourth-order valence-electron chi connectivity index (χ4n) is 1.36. The van der Waals surface area contributed by atoms with E-state index in [9.17, 15) is 4.79 Å². The van der Waals surface area contributed by atoms with Crippen molar-refractivity contribution < 1.29 is 9.32 Å². The van der Waals surface area contributed by atoms with E-state index in [-0.39, 0.29) is 11.7 Å². The van der Waals surface area contributed by atoms with Gasteiger partial charge in [-0.3, -0.25) is 4.79 Å². The van der Waals surface area contributed by atoms with Crippen molar-refractivity contribution in [1.29, 1.82) is 0 Å². The lowest BCUT2D eigenvalue weighted by Crippen LogP contribution is -2.07. The standard InChI is InChI=1S/C11H12N2O2S/c1-3-8(14)7(2)11-12-10(13-15-11)9-5-4-6-16-9/h4-7H,3H2,1-2H3. The highest BCUT2D eigenvalue weighted by Gasteiger charge is 2.20. The molecule has 5 heteroatoms. The van der Waals surface area contributed by atoms with Gasteiger partial charge in [-0.05, 0) is 18.4 Å². The molecule has 0 N–H and O–H groups in total. The lowest BCUT2D eigenvalue weighted by molar-refractivity contribution is -0.120. The highest BCUT2D eigenvalue weighted by molar-refractivity contribution is 7.13. The first-order valence-corrected chi connectivity index (χ1v) is 6.00. The molecule has 1 unspecified atom stereocenters. The number of rotatable bonds is 4. The van der Waals surface area contributed by atoms with Crippen LogP contribution in [0.4, 0.5) is 0 Å². The number of aromatic nitrogens is 2. The number of Topliss-reactive ketones (excluding diaryl/α,β-unsaturated/α-hetero) is 1. The summed E-state index contributed by atoms with van der Waals surface area (Å²) < 4.78 is 5.10. The van der Waals surface area contributed by atoms with Crippen molar-refractivity contribution in [2.45, 2.75) is 26.2 Å². The van der Waals surface area contributed by atoms with Gasteiger partial charge in [0.15, 0.2) is 0 Å². The second-order valence-corrected chi connectivity index (χ2v) is 4.42. The van der Waals surface area contributed by atoms with Crippen LogP contribution in [0.1, 0.15) is 32.1 Å². The van der Waals surface area contributed by atoms with Gasteiger partial charge in [0.2, 0.25) is 11.7 Å². The van der Waals surface area contributed by atoms with Gasteiger partial charge in [0.25, 0.3) is 0 Å². The van der Waals surface area contributed by atoms with Crippen LogP contribution in [0.3, 0.4) is 0 Å². The number of hydrogen-bond donors (Lipinski definition) is 0. The Hall–Kier alpha value is -1.49. The van der Waals surface area contributed by atoms with E-state index in [0.29, 0.717) is 18.1 Å². The third-order valence-electron chi connectivity index (χ3n) is 2.39. The molecule has 0 spiro atoms. The Labute approximate surface area is 97.3 Å². The minimum absolute atomic E-state index is 0.112. The molecule has 0 aliphatic rings. The Morgan fingerprint density at radius 3 is 3.06 bits per heavy atom. The van der Waals surface area contributed by atoms with Gasteiger partial charge in [-0.1, -0.05) is 18.1 Å². The summed E-state index contributed by atoms with van der Waals surface area (Å²) in [5.41, 5.74) is 0. The number of carbonyl (C=O) groups is 1. The van der Waals surface area contributed by atoms with Gasteiger partial charge in [-0.2, -0.15) is 4.98 Å². The van der Waals surface area contributed by atoms with Crippen molar-refractivity contribution in [1.82, 2.24) is 10.1 Å². The molecule has 4 nitrogen and oxygen atoms in total. The zero-order valence-corrected chi connectivity index (χ0v) is 9.95. The highest BCUT2D eigenvalue weighted by Crippen LogP contribution is 2.24. The van der Waals surface area contributed by atoms with Crippen LogP contribution < -0.4 is 0 Å². The van der Waals surface area contributed by atoms with Crippen LogP contribution in [0.2, 0.25) is 0 Å². The fraction of sp³-hybridized carbons (Fsp3) is 0.364. The molecule has 16 heavy (non-hydrogen) atoms. The fourth-order valence-corrected chi connectivity index (χ4v) is 2.01. The Balaban J connectivity index is 2.23. The highest BCUT2D eigenvalue weighted by atomic mass is 32.1. The van der Waals surface area contributed by atoms with Gasteiger partial charge >= 0.3 is 0 Å². The van der Waals surface area contributed by atoms with Crippen molar-refractivity contribution in [3.8, 4) is 10.7 Å². The Kier molecular flexibility index (Phi) is 3.14. The largest absolute Gasteiger partial charge is 0.338 e. The van der Waals surface area contributed by atoms with Crippen LogP contribution in [0.15, 0.2) is 22.0 Å². The summed E-state index contributed by atoms with van der Waals surface area (Å²) in [6.45, 7) is 3.62. The van der Waals surface area contributed by atoms with Gasteiger partial charge in [0.1, 0.15) is 5.78 Å². The second-order valence-electron chi connectivity index (χ2n) is 3.48. The first-order valence-electron chi connectivity index (χ1n) is 5.12. The molecule has 84 valence electrons. The molecular formula is C11H12N2O2S. The van der Waals surface area contributed by atoms with Crippen molar-refractivity contribution in [3.63, 3.8) is 0 Å². The minimum atomic E-state index is -0.314. The molecule has 1 atom stereocenters. The smallest absolute Gasteiger partial charge is 0.237 e. The first kappa shape index (κ1) is 11.0. The second kappa shape index (κ2) is 4.57. The average Bonchev–Trinajstić information content (AvgIpc) is 2.96. The number of nitrogens with zero attached hydrogens (tertiary/aromatic N) is 2. The van der Waals surface area contributed by atoms with Gasteiger partial charge in [-0.15, -0.1) is 11.3 Å². The summed E-state index contributed by atoms with van der Waals surface area (Å²) in [6.07, 6.45) is 0.484. The summed E-state index contributed by atoms with van der Waals surface area (Å²) in [6, 6.07) is 3.85. The maximum atomic E-state index is 11.5. The molecular weight excluding hydrogens is 224 g/mol. The molecule has 0 aliphatic carbocycles. The van der Waals surface area contributed by atoms with Crippen LogP contribution in [-0.4, -0.2) is 15.9 Å². The summed E-state index contributed by atoms with van der Waals surface area (Å²) in [7, 11) is 0. The third-order valence-corrected chi connectivity index (χ3v) is 3.25. The quantitative estimate of drug-likeness (QED) is 0.819. The van der Waals surface area contributed by atoms with Crippen molar-refractivity contribution in [3.05, 3.63) is 23.4 Å². The Morgan fingerprint density at radius 1 is 1.62 bits per heavy atom. The molecule has 0 fully saturated rings. The van der Waals surface area contributed by atoms with Gasteiger partial charge in [-0.25, -0.2) is 0 Å². The predicted octanol–water partition coefficient (Wildman–Crippen LogP) is 2.88. The zero-order valence-electron chi connectivity index (χ0n) is 9.14. The van der Waals surface area contributed by atoms with E-state index in [1.807, 2.05) is 24.4 Å². The number of hydrogen-bond acceptors (Lipinski definition) is 5. The molecule has 0 saturated heterocycles. The van der Waals surface area contributed by atoms with Gasteiger partial charge < -0.3 is 4.52 Å². The third kappa shape index (κ3) is 2.04. The average molecular weight is 236 g/mol. The van der Waals surface area contributed by atoms with Crippen LogP contribution in [0.25, 0.3) is 10.7 Å². The van der Waals surface area contributed by atoms with Crippen LogP contribution in [0.5, 0.6) is 0 Å². The predicted molar refractivity (Wildman–Crippen MR) is 61.3 cm³/mol.